The van der Waals surface area contributed by atoms with Gasteiger partial charge in [0.2, 0.25) is 5.91 Å². The van der Waals surface area contributed by atoms with Crippen LogP contribution in [0.1, 0.15) is 30.0 Å². The number of rotatable bonds is 8. The van der Waals surface area contributed by atoms with Crippen molar-refractivity contribution in [2.45, 2.75) is 33.7 Å². The van der Waals surface area contributed by atoms with E-state index in [9.17, 15) is 9.59 Å². The maximum absolute atomic E-state index is 12.3. The number of nitrogens with one attached hydrogen (secondary N) is 2. The summed E-state index contributed by atoms with van der Waals surface area (Å²) in [6.07, 6.45) is 0.940. The molecular formula is C22H29N3O3. The third-order valence-electron chi connectivity index (χ3n) is 4.29. The predicted octanol–water partition coefficient (Wildman–Crippen LogP) is 3.87. The van der Waals surface area contributed by atoms with E-state index in [-0.39, 0.29) is 18.5 Å². The second-order valence-electron chi connectivity index (χ2n) is 6.83. The summed E-state index contributed by atoms with van der Waals surface area (Å²) in [6, 6.07) is 13.1. The quantitative estimate of drug-likeness (QED) is 0.727. The van der Waals surface area contributed by atoms with Gasteiger partial charge < -0.3 is 20.3 Å². The molecule has 0 radical (unpaired) electrons. The van der Waals surface area contributed by atoms with Crippen LogP contribution in [0.4, 0.5) is 10.5 Å². The number of carbonyl (C=O) groups excluding carboxylic acids is 2. The number of hydrogen-bond acceptors (Lipinski definition) is 3. The summed E-state index contributed by atoms with van der Waals surface area (Å²) < 4.78 is 5.60. The molecule has 0 atom stereocenters. The van der Waals surface area contributed by atoms with Crippen LogP contribution in [0.5, 0.6) is 5.75 Å². The molecule has 0 spiro atoms. The van der Waals surface area contributed by atoms with Gasteiger partial charge in [0, 0.05) is 19.3 Å². The highest BCUT2D eigenvalue weighted by molar-refractivity contribution is 5.95. The molecule has 2 aromatic rings. The van der Waals surface area contributed by atoms with E-state index in [0.29, 0.717) is 13.2 Å². The van der Waals surface area contributed by atoms with Crippen LogP contribution in [-0.2, 0) is 11.3 Å². The van der Waals surface area contributed by atoms with E-state index in [4.69, 9.17) is 4.74 Å². The van der Waals surface area contributed by atoms with Gasteiger partial charge in [-0.1, -0.05) is 37.3 Å². The zero-order chi connectivity index (χ0) is 20.5. The van der Waals surface area contributed by atoms with Crippen LogP contribution in [0, 0.1) is 13.8 Å². The van der Waals surface area contributed by atoms with Gasteiger partial charge in [-0.2, -0.15) is 0 Å². The Morgan fingerprint density at radius 1 is 1.07 bits per heavy atom. The molecule has 2 N–H and O–H groups in total. The summed E-state index contributed by atoms with van der Waals surface area (Å²) in [5.74, 6) is 0.556. The largest absolute Gasteiger partial charge is 0.494 e. The first kappa shape index (κ1) is 21.3. The molecule has 0 aliphatic rings. The minimum Gasteiger partial charge on any atom is -0.494 e. The van der Waals surface area contributed by atoms with Gasteiger partial charge >= 0.3 is 6.03 Å². The highest BCUT2D eigenvalue weighted by Gasteiger charge is 2.14. The van der Waals surface area contributed by atoms with Crippen LogP contribution in [0.2, 0.25) is 0 Å². The molecule has 28 heavy (non-hydrogen) atoms. The van der Waals surface area contributed by atoms with Gasteiger partial charge in [0.25, 0.3) is 0 Å². The van der Waals surface area contributed by atoms with Gasteiger partial charge in [-0.15, -0.1) is 0 Å². The van der Waals surface area contributed by atoms with Gasteiger partial charge in [0.15, 0.2) is 0 Å². The van der Waals surface area contributed by atoms with Crippen LogP contribution in [0.25, 0.3) is 0 Å². The molecule has 6 heteroatoms. The zero-order valence-electron chi connectivity index (χ0n) is 17.0. The molecule has 6 nitrogen and oxygen atoms in total. The number of hydrogen-bond donors (Lipinski definition) is 2. The first-order valence-electron chi connectivity index (χ1n) is 9.47. The lowest BCUT2D eigenvalue weighted by atomic mass is 10.1. The molecule has 0 aliphatic carbocycles. The average molecular weight is 383 g/mol. The molecule has 2 aromatic carbocycles. The Hall–Kier alpha value is -3.02. The number of anilines is 1. The SMILES string of the molecule is CCCOc1cccc(CNC(=O)N(C)CC(=O)Nc2c(C)cccc2C)c1. The molecule has 150 valence electrons. The fourth-order valence-electron chi connectivity index (χ4n) is 2.76. The highest BCUT2D eigenvalue weighted by atomic mass is 16.5. The number of benzene rings is 2. The van der Waals surface area contributed by atoms with Crippen molar-refractivity contribution in [3.8, 4) is 5.75 Å². The zero-order valence-corrected chi connectivity index (χ0v) is 17.0. The van der Waals surface area contributed by atoms with Crippen LogP contribution < -0.4 is 15.4 Å². The lowest BCUT2D eigenvalue weighted by molar-refractivity contribution is -0.116. The van der Waals surface area contributed by atoms with Crippen LogP contribution >= 0.6 is 0 Å². The van der Waals surface area contributed by atoms with E-state index in [1.165, 1.54) is 4.90 Å². The minimum atomic E-state index is -0.309. The van der Waals surface area contributed by atoms with Crippen molar-refractivity contribution in [1.29, 1.82) is 0 Å². The number of likely N-dealkylation sites (N-methyl/N-ethyl adjacent to an activating group) is 1. The highest BCUT2D eigenvalue weighted by Crippen LogP contribution is 2.19. The number of amides is 3. The van der Waals surface area contributed by atoms with Crippen molar-refractivity contribution in [3.63, 3.8) is 0 Å². The molecular weight excluding hydrogens is 354 g/mol. The third-order valence-corrected chi connectivity index (χ3v) is 4.29. The fourth-order valence-corrected chi connectivity index (χ4v) is 2.76. The van der Waals surface area contributed by atoms with Crippen LogP contribution in [-0.4, -0.2) is 37.0 Å². The van der Waals surface area contributed by atoms with E-state index in [0.717, 1.165) is 34.5 Å². The molecule has 0 fully saturated rings. The number of nitrogens with zero attached hydrogens (tertiary/aromatic N) is 1. The summed E-state index contributed by atoms with van der Waals surface area (Å²) in [6.45, 7) is 6.93. The number of ether oxygens (including phenoxy) is 1. The molecule has 0 bridgehead atoms. The van der Waals surface area contributed by atoms with Gasteiger partial charge in [-0.3, -0.25) is 4.79 Å². The molecule has 0 saturated carbocycles. The van der Waals surface area contributed by atoms with E-state index in [1.807, 2.05) is 56.3 Å². The second-order valence-corrected chi connectivity index (χ2v) is 6.83. The molecule has 0 unspecified atom stereocenters. The summed E-state index contributed by atoms with van der Waals surface area (Å²) in [4.78, 5) is 26.0. The topological polar surface area (TPSA) is 70.7 Å². The minimum absolute atomic E-state index is 0.0285. The van der Waals surface area contributed by atoms with Crippen LogP contribution in [0.15, 0.2) is 42.5 Å². The van der Waals surface area contributed by atoms with E-state index in [1.54, 1.807) is 7.05 Å². The summed E-state index contributed by atoms with van der Waals surface area (Å²) in [5, 5.41) is 5.71. The lowest BCUT2D eigenvalue weighted by Gasteiger charge is -2.19. The van der Waals surface area contributed by atoms with E-state index < -0.39 is 0 Å². The smallest absolute Gasteiger partial charge is 0.317 e. The number of aryl methyl sites for hydroxylation is 2. The van der Waals surface area contributed by atoms with Crippen molar-refractivity contribution >= 4 is 17.6 Å². The lowest BCUT2D eigenvalue weighted by Crippen LogP contribution is -2.41. The first-order valence-corrected chi connectivity index (χ1v) is 9.47. The summed E-state index contributed by atoms with van der Waals surface area (Å²) in [5.41, 5.74) is 3.72. The normalized spacial score (nSPS) is 10.3. The Labute approximate surface area is 166 Å². The Morgan fingerprint density at radius 2 is 1.75 bits per heavy atom. The fraction of sp³-hybridized carbons (Fsp3) is 0.364. The molecule has 2 rings (SSSR count). The van der Waals surface area contributed by atoms with Crippen molar-refractivity contribution in [3.05, 3.63) is 59.2 Å². The summed E-state index contributed by atoms with van der Waals surface area (Å²) >= 11 is 0. The Bertz CT molecular complexity index is 800. The standard InChI is InChI=1S/C22H29N3O3/c1-5-12-28-19-11-7-10-18(13-19)14-23-22(27)25(4)15-20(26)24-21-16(2)8-6-9-17(21)3/h6-11,13H,5,12,14-15H2,1-4H3,(H,23,27)(H,24,26). The van der Waals surface area contributed by atoms with E-state index in [2.05, 4.69) is 17.6 Å². The van der Waals surface area contributed by atoms with Crippen molar-refractivity contribution in [1.82, 2.24) is 10.2 Å². The van der Waals surface area contributed by atoms with Crippen molar-refractivity contribution in [2.24, 2.45) is 0 Å². The van der Waals surface area contributed by atoms with Crippen LogP contribution in [0.3, 0.4) is 0 Å². The van der Waals surface area contributed by atoms with E-state index >= 15 is 0 Å². The number of urea groups is 1. The Kier molecular flexibility index (Phi) is 7.87. The van der Waals surface area contributed by atoms with Gasteiger partial charge in [0.1, 0.15) is 12.3 Å². The maximum Gasteiger partial charge on any atom is 0.317 e. The van der Waals surface area contributed by atoms with Gasteiger partial charge in [-0.25, -0.2) is 4.79 Å². The van der Waals surface area contributed by atoms with Crippen molar-refractivity contribution < 1.29 is 14.3 Å². The second kappa shape index (κ2) is 10.3. The third kappa shape index (κ3) is 6.30. The molecule has 0 saturated heterocycles. The summed E-state index contributed by atoms with van der Waals surface area (Å²) in [7, 11) is 1.60. The van der Waals surface area contributed by atoms with Crippen molar-refractivity contribution in [2.75, 3.05) is 25.5 Å². The molecule has 3 amide bonds. The first-order chi connectivity index (χ1) is 13.4. The molecule has 0 aliphatic heterocycles. The van der Waals surface area contributed by atoms with Gasteiger partial charge in [0.05, 0.1) is 6.61 Å². The Morgan fingerprint density at radius 3 is 2.43 bits per heavy atom. The number of para-hydroxylation sites is 1. The molecule has 0 aromatic heterocycles. The Balaban J connectivity index is 1.85. The van der Waals surface area contributed by atoms with Gasteiger partial charge in [-0.05, 0) is 49.1 Å². The number of carbonyl (C=O) groups is 2. The maximum atomic E-state index is 12.3. The predicted molar refractivity (Wildman–Crippen MR) is 112 cm³/mol. The molecule has 0 heterocycles. The average Bonchev–Trinajstić information content (AvgIpc) is 2.67. The monoisotopic (exact) mass is 383 g/mol.